The van der Waals surface area contributed by atoms with E-state index in [2.05, 4.69) is 0 Å². The second kappa shape index (κ2) is 8.14. The third-order valence-electron chi connectivity index (χ3n) is 2.70. The lowest BCUT2D eigenvalue weighted by Gasteiger charge is -2.05. The molecule has 2 aromatic carbocycles. The van der Waals surface area contributed by atoms with Gasteiger partial charge in [0.1, 0.15) is 11.5 Å². The average Bonchev–Trinajstić information content (AvgIpc) is 2.54. The number of amides is 1. The van der Waals surface area contributed by atoms with Gasteiger partial charge in [0.25, 0.3) is 0 Å². The molecule has 24 heavy (non-hydrogen) atoms. The smallest absolute Gasteiger partial charge is 0.476 e. The van der Waals surface area contributed by atoms with Gasteiger partial charge in [-0.05, 0) is 23.8 Å². The Bertz CT molecular complexity index is 672. The molecule has 0 aliphatic carbocycles. The maximum absolute atomic E-state index is 10.8. The van der Waals surface area contributed by atoms with Gasteiger partial charge in [0.15, 0.2) is 0 Å². The Morgan fingerprint density at radius 3 is 1.96 bits per heavy atom. The largest absolute Gasteiger partial charge is 0.507 e. The fourth-order valence-corrected chi connectivity index (χ4v) is 1.58. The van der Waals surface area contributed by atoms with Crippen LogP contribution in [-0.4, -0.2) is 29.6 Å². The average molecular weight is 349 g/mol. The number of hydrogen-bond acceptors (Lipinski definition) is 3. The molecule has 0 unspecified atom stereocenters. The lowest BCUT2D eigenvalue weighted by atomic mass is 10.0. The molecule has 4 nitrogen and oxygen atoms in total. The van der Waals surface area contributed by atoms with E-state index in [1.54, 1.807) is 13.2 Å². The monoisotopic (exact) mass is 349 g/mol. The van der Waals surface area contributed by atoms with Crippen molar-refractivity contribution in [3.8, 4) is 22.6 Å². The molecule has 0 fully saturated rings. The first-order chi connectivity index (χ1) is 11.2. The minimum absolute atomic E-state index is 0.294. The molecule has 1 amide bonds. The number of aromatic hydroxyl groups is 1. The molecule has 0 radical (unpaired) electrons. The van der Waals surface area contributed by atoms with Crippen molar-refractivity contribution in [2.75, 3.05) is 7.11 Å². The zero-order valence-corrected chi connectivity index (χ0v) is 12.2. The fraction of sp³-hybridized carbons (Fsp3) is 0.133. The highest BCUT2D eigenvalue weighted by Crippen LogP contribution is 2.29. The highest BCUT2D eigenvalue weighted by Gasteiger charge is 2.44. The molecular formula is C15H12F5NO3. The van der Waals surface area contributed by atoms with Gasteiger partial charge in [-0.3, -0.25) is 4.79 Å². The van der Waals surface area contributed by atoms with Crippen LogP contribution in [0.2, 0.25) is 0 Å². The number of nitrogens with zero attached hydrogens (tertiary/aromatic N) is 1. The lowest BCUT2D eigenvalue weighted by molar-refractivity contribution is -0.233. The maximum atomic E-state index is 10.8. The predicted octanol–water partition coefficient (Wildman–Crippen LogP) is 4.21. The normalized spacial score (nSPS) is 10.4. The molecule has 9 heteroatoms. The molecule has 0 atom stereocenters. The summed E-state index contributed by atoms with van der Waals surface area (Å²) in [5.41, 5.74) is 1.81. The highest BCUT2D eigenvalue weighted by atomic mass is 19.4. The number of hydrogen-bond donors (Lipinski definition) is 1. The van der Waals surface area contributed by atoms with Gasteiger partial charge in [0.05, 0.1) is 7.11 Å². The Labute approximate surface area is 133 Å². The molecule has 130 valence electrons. The molecule has 0 spiro atoms. The van der Waals surface area contributed by atoms with Crippen LogP contribution in [0.5, 0.6) is 11.5 Å². The third-order valence-corrected chi connectivity index (χ3v) is 2.70. The molecule has 2 aromatic rings. The van der Waals surface area contributed by atoms with Gasteiger partial charge in [-0.25, -0.2) is 0 Å². The van der Waals surface area contributed by atoms with Crippen molar-refractivity contribution in [1.29, 1.82) is 0 Å². The van der Waals surface area contributed by atoms with E-state index in [-0.39, 0.29) is 0 Å². The minimum Gasteiger partial charge on any atom is -0.507 e. The number of phenols is 1. The summed E-state index contributed by atoms with van der Waals surface area (Å²) in [6.45, 7) is 0. The number of para-hydroxylation sites is 1. The lowest BCUT2D eigenvalue weighted by Crippen LogP contribution is -2.31. The second-order valence-electron chi connectivity index (χ2n) is 4.28. The van der Waals surface area contributed by atoms with E-state index >= 15 is 0 Å². The summed E-state index contributed by atoms with van der Waals surface area (Å²) < 4.78 is 58.9. The van der Waals surface area contributed by atoms with E-state index in [4.69, 9.17) is 4.74 Å². The summed E-state index contributed by atoms with van der Waals surface area (Å²) >= 11 is 0. The van der Waals surface area contributed by atoms with Gasteiger partial charge in [-0.15, -0.1) is 0 Å². The van der Waals surface area contributed by atoms with E-state index in [9.17, 15) is 32.0 Å². The number of rotatable bonds is 2. The molecule has 0 aliphatic rings. The van der Waals surface area contributed by atoms with Gasteiger partial charge >= 0.3 is 12.1 Å². The van der Waals surface area contributed by atoms with E-state index in [1.165, 1.54) is 0 Å². The Morgan fingerprint density at radius 2 is 1.58 bits per heavy atom. The van der Waals surface area contributed by atoms with Crippen molar-refractivity contribution in [3.63, 3.8) is 0 Å². The standard InChI is InChI=1S/C13H12O2.C2F5NO/c1-15-11-8-6-10(7-9-11)12-4-2-3-5-13(12)14;3-2(4,5)1(9)8(6)7/h2-9,14H,1H3;. The van der Waals surface area contributed by atoms with Crippen LogP contribution in [0.15, 0.2) is 48.5 Å². The van der Waals surface area contributed by atoms with E-state index in [0.717, 1.165) is 16.9 Å². The van der Waals surface area contributed by atoms with Gasteiger partial charge in [0.2, 0.25) is 0 Å². The molecule has 0 bridgehead atoms. The van der Waals surface area contributed by atoms with Crippen molar-refractivity contribution in [2.45, 2.75) is 6.18 Å². The van der Waals surface area contributed by atoms with Crippen molar-refractivity contribution in [1.82, 2.24) is 5.34 Å². The first kappa shape index (κ1) is 19.2. The zero-order chi connectivity index (χ0) is 18.3. The summed E-state index contributed by atoms with van der Waals surface area (Å²) in [4.78, 5) is 9.22. The molecular weight excluding hydrogens is 337 g/mol. The molecule has 0 saturated carbocycles. The Balaban J connectivity index is 0.000000277. The molecule has 0 aliphatic heterocycles. The maximum Gasteiger partial charge on any atom is 0.476 e. The number of alkyl halides is 3. The van der Waals surface area contributed by atoms with Gasteiger partial charge < -0.3 is 9.84 Å². The molecule has 2 rings (SSSR count). The van der Waals surface area contributed by atoms with Gasteiger partial charge in [-0.2, -0.15) is 13.2 Å². The van der Waals surface area contributed by atoms with Crippen molar-refractivity contribution >= 4 is 5.91 Å². The first-order valence-corrected chi connectivity index (χ1v) is 6.32. The Morgan fingerprint density at radius 1 is 1.04 bits per heavy atom. The van der Waals surface area contributed by atoms with Crippen LogP contribution in [0.4, 0.5) is 22.1 Å². The molecule has 0 saturated heterocycles. The topological polar surface area (TPSA) is 49.8 Å². The van der Waals surface area contributed by atoms with E-state index in [0.29, 0.717) is 5.75 Å². The van der Waals surface area contributed by atoms with Crippen molar-refractivity contribution in [3.05, 3.63) is 48.5 Å². The van der Waals surface area contributed by atoms with E-state index < -0.39 is 17.4 Å². The SMILES string of the molecule is COc1ccc(-c2ccccc2O)cc1.O=C(N(F)F)C(F)(F)F. The number of ether oxygens (including phenoxy) is 1. The number of halogens is 5. The fourth-order valence-electron chi connectivity index (χ4n) is 1.58. The second-order valence-corrected chi connectivity index (χ2v) is 4.28. The van der Waals surface area contributed by atoms with Crippen LogP contribution in [0.25, 0.3) is 11.1 Å². The summed E-state index contributed by atoms with van der Waals surface area (Å²) in [6, 6.07) is 14.9. The summed E-state index contributed by atoms with van der Waals surface area (Å²) in [5, 5.41) is 7.15. The molecule has 1 N–H and O–H groups in total. The van der Waals surface area contributed by atoms with E-state index in [1.807, 2.05) is 42.5 Å². The zero-order valence-electron chi connectivity index (χ0n) is 12.2. The minimum atomic E-state index is -5.48. The van der Waals surface area contributed by atoms with Crippen LogP contribution in [0, 0.1) is 0 Å². The summed E-state index contributed by atoms with van der Waals surface area (Å²) in [5.74, 6) is -2.06. The van der Waals surface area contributed by atoms with Crippen LogP contribution < -0.4 is 4.74 Å². The molecule has 0 heterocycles. The third kappa shape index (κ3) is 5.41. The summed E-state index contributed by atoms with van der Waals surface area (Å²) in [7, 11) is 1.63. The Hall–Kier alpha value is -2.84. The van der Waals surface area contributed by atoms with Gasteiger partial charge in [0, 0.05) is 10.9 Å². The van der Waals surface area contributed by atoms with Crippen LogP contribution >= 0.6 is 0 Å². The van der Waals surface area contributed by atoms with Crippen molar-refractivity contribution < 1.29 is 36.8 Å². The Kier molecular flexibility index (Phi) is 6.51. The quantitative estimate of drug-likeness (QED) is 0.653. The predicted molar refractivity (Wildman–Crippen MR) is 75.2 cm³/mol. The number of benzene rings is 2. The van der Waals surface area contributed by atoms with Crippen LogP contribution in [0.3, 0.4) is 0 Å². The number of methoxy groups -OCH3 is 1. The van der Waals surface area contributed by atoms with Crippen LogP contribution in [0.1, 0.15) is 0 Å². The number of phenolic OH excluding ortho intramolecular Hbond substituents is 1. The van der Waals surface area contributed by atoms with Crippen LogP contribution in [-0.2, 0) is 4.79 Å². The number of carbonyl (C=O) groups excluding carboxylic acids is 1. The summed E-state index contributed by atoms with van der Waals surface area (Å²) in [6.07, 6.45) is -5.48. The van der Waals surface area contributed by atoms with Gasteiger partial charge in [-0.1, -0.05) is 39.3 Å². The highest BCUT2D eigenvalue weighted by molar-refractivity contribution is 5.79. The van der Waals surface area contributed by atoms with Crippen molar-refractivity contribution in [2.24, 2.45) is 0 Å². The first-order valence-electron chi connectivity index (χ1n) is 6.32. The molecule has 0 aromatic heterocycles. The number of carbonyl (C=O) groups is 1.